The Morgan fingerprint density at radius 1 is 1.29 bits per heavy atom. The Morgan fingerprint density at radius 2 is 2.07 bits per heavy atom. The second kappa shape index (κ2) is 4.83. The van der Waals surface area contributed by atoms with Crippen molar-refractivity contribution in [2.24, 2.45) is 5.92 Å². The van der Waals surface area contributed by atoms with Crippen molar-refractivity contribution in [2.75, 3.05) is 26.3 Å². The number of hydrogen-bond donors (Lipinski definition) is 0. The number of rotatable bonds is 1. The second-order valence-electron chi connectivity index (χ2n) is 4.52. The summed E-state index contributed by atoms with van der Waals surface area (Å²) >= 11 is 0. The number of morpholine rings is 1. The predicted octanol–water partition coefficient (Wildman–Crippen LogP) is 2.41. The molecule has 14 heavy (non-hydrogen) atoms. The first-order chi connectivity index (χ1) is 6.86. The van der Waals surface area contributed by atoms with Crippen molar-refractivity contribution in [2.45, 2.75) is 32.6 Å². The molecule has 0 saturated carbocycles. The quantitative estimate of drug-likeness (QED) is 0.637. The molecule has 0 amide bonds. The zero-order chi connectivity index (χ0) is 9.80. The van der Waals surface area contributed by atoms with Crippen molar-refractivity contribution in [1.82, 2.24) is 4.90 Å². The van der Waals surface area contributed by atoms with E-state index in [2.05, 4.69) is 17.9 Å². The van der Waals surface area contributed by atoms with Gasteiger partial charge in [0.25, 0.3) is 0 Å². The van der Waals surface area contributed by atoms with Gasteiger partial charge in [0.1, 0.15) is 0 Å². The largest absolute Gasteiger partial charge is 0.378 e. The van der Waals surface area contributed by atoms with Crippen LogP contribution in [0.2, 0.25) is 0 Å². The Bertz CT molecular complexity index is 206. The molecule has 80 valence electrons. The molecule has 1 aliphatic carbocycles. The smallest absolute Gasteiger partial charge is 0.0642 e. The van der Waals surface area contributed by atoms with Gasteiger partial charge in [-0.15, -0.1) is 0 Å². The average Bonchev–Trinajstić information content (AvgIpc) is 2.44. The van der Waals surface area contributed by atoms with Gasteiger partial charge in [0.05, 0.1) is 13.2 Å². The zero-order valence-corrected chi connectivity index (χ0v) is 9.17. The lowest BCUT2D eigenvalue weighted by atomic mass is 10.0. The maximum Gasteiger partial charge on any atom is 0.0642 e. The summed E-state index contributed by atoms with van der Waals surface area (Å²) in [7, 11) is 0. The van der Waals surface area contributed by atoms with E-state index in [-0.39, 0.29) is 0 Å². The van der Waals surface area contributed by atoms with E-state index in [4.69, 9.17) is 4.74 Å². The zero-order valence-electron chi connectivity index (χ0n) is 9.17. The molecule has 1 aliphatic heterocycles. The standard InChI is InChI=1S/C12H21NO/c1-11-3-2-4-12(6-5-11)13-7-9-14-10-8-13/h4,11H,2-3,5-10H2,1H3. The fourth-order valence-electron chi connectivity index (χ4n) is 2.31. The number of allylic oxidation sites excluding steroid dienone is 2. The van der Waals surface area contributed by atoms with Crippen molar-refractivity contribution < 1.29 is 4.74 Å². The van der Waals surface area contributed by atoms with Gasteiger partial charge in [0.15, 0.2) is 0 Å². The highest BCUT2D eigenvalue weighted by molar-refractivity contribution is 5.04. The van der Waals surface area contributed by atoms with Crippen molar-refractivity contribution in [1.29, 1.82) is 0 Å². The van der Waals surface area contributed by atoms with Crippen LogP contribution in [0, 0.1) is 5.92 Å². The Morgan fingerprint density at radius 3 is 2.86 bits per heavy atom. The van der Waals surface area contributed by atoms with Gasteiger partial charge in [-0.2, -0.15) is 0 Å². The van der Waals surface area contributed by atoms with Crippen LogP contribution in [0.15, 0.2) is 11.8 Å². The van der Waals surface area contributed by atoms with Gasteiger partial charge < -0.3 is 9.64 Å². The van der Waals surface area contributed by atoms with E-state index >= 15 is 0 Å². The van der Waals surface area contributed by atoms with Gasteiger partial charge in [-0.25, -0.2) is 0 Å². The Hall–Kier alpha value is -0.500. The highest BCUT2D eigenvalue weighted by Gasteiger charge is 2.16. The maximum absolute atomic E-state index is 5.37. The van der Waals surface area contributed by atoms with E-state index in [0.29, 0.717) is 0 Å². The molecular formula is C12H21NO. The number of ether oxygens (including phenoxy) is 1. The van der Waals surface area contributed by atoms with Crippen molar-refractivity contribution in [3.05, 3.63) is 11.8 Å². The van der Waals surface area contributed by atoms with Gasteiger partial charge in [-0.1, -0.05) is 13.0 Å². The molecule has 0 spiro atoms. The van der Waals surface area contributed by atoms with Crippen LogP contribution in [-0.2, 0) is 4.74 Å². The first-order valence-corrected chi connectivity index (χ1v) is 5.88. The summed E-state index contributed by atoms with van der Waals surface area (Å²) in [6.45, 7) is 6.39. The molecule has 0 aromatic rings. The summed E-state index contributed by atoms with van der Waals surface area (Å²) in [6, 6.07) is 0. The lowest BCUT2D eigenvalue weighted by molar-refractivity contribution is 0.0518. The van der Waals surface area contributed by atoms with Crippen molar-refractivity contribution >= 4 is 0 Å². The predicted molar refractivity (Wildman–Crippen MR) is 58.1 cm³/mol. The van der Waals surface area contributed by atoms with E-state index in [1.165, 1.54) is 25.7 Å². The molecule has 0 aromatic carbocycles. The number of hydrogen-bond acceptors (Lipinski definition) is 2. The van der Waals surface area contributed by atoms with Crippen LogP contribution < -0.4 is 0 Å². The van der Waals surface area contributed by atoms with E-state index in [9.17, 15) is 0 Å². The first kappa shape index (κ1) is 10.0. The van der Waals surface area contributed by atoms with Crippen LogP contribution in [-0.4, -0.2) is 31.2 Å². The summed E-state index contributed by atoms with van der Waals surface area (Å²) in [5.74, 6) is 0.907. The molecule has 1 saturated heterocycles. The molecule has 2 heteroatoms. The highest BCUT2D eigenvalue weighted by atomic mass is 16.5. The van der Waals surface area contributed by atoms with Crippen LogP contribution in [0.3, 0.4) is 0 Å². The van der Waals surface area contributed by atoms with Gasteiger partial charge in [-0.3, -0.25) is 0 Å². The summed E-state index contributed by atoms with van der Waals surface area (Å²) in [6.07, 6.45) is 7.74. The molecule has 2 aliphatic rings. The van der Waals surface area contributed by atoms with E-state index in [1.54, 1.807) is 5.70 Å². The third kappa shape index (κ3) is 2.50. The fourth-order valence-corrected chi connectivity index (χ4v) is 2.31. The van der Waals surface area contributed by atoms with Gasteiger partial charge in [0.2, 0.25) is 0 Å². The first-order valence-electron chi connectivity index (χ1n) is 5.88. The summed E-state index contributed by atoms with van der Waals surface area (Å²) in [4.78, 5) is 2.52. The van der Waals surface area contributed by atoms with Crippen LogP contribution >= 0.6 is 0 Å². The molecule has 2 nitrogen and oxygen atoms in total. The molecule has 0 bridgehead atoms. The molecule has 1 atom stereocenters. The Labute approximate surface area is 86.9 Å². The monoisotopic (exact) mass is 195 g/mol. The number of nitrogens with zero attached hydrogens (tertiary/aromatic N) is 1. The fraction of sp³-hybridized carbons (Fsp3) is 0.833. The molecule has 2 rings (SSSR count). The summed E-state index contributed by atoms with van der Waals surface area (Å²) < 4.78 is 5.37. The van der Waals surface area contributed by atoms with Crippen molar-refractivity contribution in [3.8, 4) is 0 Å². The molecule has 0 aromatic heterocycles. The highest BCUT2D eigenvalue weighted by Crippen LogP contribution is 2.24. The molecule has 0 N–H and O–H groups in total. The molecule has 1 heterocycles. The SMILES string of the molecule is CC1CCC=C(N2CCOCC2)CC1. The van der Waals surface area contributed by atoms with E-state index in [0.717, 1.165) is 32.2 Å². The maximum atomic E-state index is 5.37. The third-order valence-corrected chi connectivity index (χ3v) is 3.35. The van der Waals surface area contributed by atoms with Crippen molar-refractivity contribution in [3.63, 3.8) is 0 Å². The summed E-state index contributed by atoms with van der Waals surface area (Å²) in [5.41, 5.74) is 1.58. The minimum atomic E-state index is 0.907. The van der Waals surface area contributed by atoms with Crippen LogP contribution in [0.5, 0.6) is 0 Å². The average molecular weight is 195 g/mol. The lowest BCUT2D eigenvalue weighted by Crippen LogP contribution is -2.35. The second-order valence-corrected chi connectivity index (χ2v) is 4.52. The van der Waals surface area contributed by atoms with Crippen LogP contribution in [0.4, 0.5) is 0 Å². The molecule has 1 fully saturated rings. The topological polar surface area (TPSA) is 12.5 Å². The minimum absolute atomic E-state index is 0.907. The van der Waals surface area contributed by atoms with Crippen LogP contribution in [0.1, 0.15) is 32.6 Å². The van der Waals surface area contributed by atoms with Crippen LogP contribution in [0.25, 0.3) is 0 Å². The molecule has 0 radical (unpaired) electrons. The normalized spacial score (nSPS) is 29.6. The van der Waals surface area contributed by atoms with E-state index < -0.39 is 0 Å². The molecule has 1 unspecified atom stereocenters. The van der Waals surface area contributed by atoms with Gasteiger partial charge in [-0.05, 0) is 31.6 Å². The Balaban J connectivity index is 1.91. The minimum Gasteiger partial charge on any atom is -0.378 e. The molecular weight excluding hydrogens is 174 g/mol. The summed E-state index contributed by atoms with van der Waals surface area (Å²) in [5, 5.41) is 0. The Kier molecular flexibility index (Phi) is 3.46. The van der Waals surface area contributed by atoms with Gasteiger partial charge >= 0.3 is 0 Å². The third-order valence-electron chi connectivity index (χ3n) is 3.35. The van der Waals surface area contributed by atoms with Gasteiger partial charge in [0, 0.05) is 18.8 Å². The lowest BCUT2D eigenvalue weighted by Gasteiger charge is -2.31. The van der Waals surface area contributed by atoms with E-state index in [1.807, 2.05) is 0 Å².